The minimum Gasteiger partial charge on any atom is -0.492 e. The van der Waals surface area contributed by atoms with Crippen molar-refractivity contribution >= 4 is 41.5 Å². The first-order valence-electron chi connectivity index (χ1n) is 27.6. The first kappa shape index (κ1) is 59.3. The number of nitrogens with two attached hydrogens (primary N) is 2. The number of benzene rings is 1. The predicted molar refractivity (Wildman–Crippen MR) is 302 cm³/mol. The minimum absolute atomic E-state index is 0.134. The zero-order valence-electron chi connectivity index (χ0n) is 45.9. The summed E-state index contributed by atoms with van der Waals surface area (Å²) in [5.41, 5.74) is 17.4. The van der Waals surface area contributed by atoms with Gasteiger partial charge in [0.1, 0.15) is 30.2 Å². The Hall–Kier alpha value is -6.94. The van der Waals surface area contributed by atoms with Gasteiger partial charge in [-0.05, 0) is 131 Å². The molecule has 1 aromatic carbocycles. The van der Waals surface area contributed by atoms with Gasteiger partial charge in [-0.2, -0.15) is 5.26 Å². The number of piperidine rings is 2. The zero-order chi connectivity index (χ0) is 54.9. The van der Waals surface area contributed by atoms with Crippen molar-refractivity contribution in [2.24, 2.45) is 23.3 Å². The number of fused-ring (bicyclic) bond motifs is 1. The topological polar surface area (TPSA) is 229 Å². The van der Waals surface area contributed by atoms with Gasteiger partial charge in [0.25, 0.3) is 5.91 Å². The number of allylic oxidation sites excluding steroid dienone is 1. The molecule has 7 heterocycles. The van der Waals surface area contributed by atoms with Crippen LogP contribution in [0.3, 0.4) is 0 Å². The molecule has 8 rings (SSSR count). The van der Waals surface area contributed by atoms with Crippen LogP contribution in [-0.2, 0) is 27.5 Å². The van der Waals surface area contributed by atoms with Crippen LogP contribution in [0.25, 0.3) is 16.7 Å². The lowest BCUT2D eigenvalue weighted by Gasteiger charge is -2.36. The summed E-state index contributed by atoms with van der Waals surface area (Å²) in [4.78, 5) is 70.9. The Morgan fingerprint density at radius 2 is 1.69 bits per heavy atom. The van der Waals surface area contributed by atoms with Crippen molar-refractivity contribution in [3.63, 3.8) is 0 Å². The number of aldehydes is 2. The fourth-order valence-corrected chi connectivity index (χ4v) is 10.2. The lowest BCUT2D eigenvalue weighted by molar-refractivity contribution is -0.121. The normalized spacial score (nSPS) is 17.5. The number of ether oxygens (including phenoxy) is 2. The summed E-state index contributed by atoms with van der Waals surface area (Å²) in [6.07, 6.45) is 20.0. The Balaban J connectivity index is 0.000000211. The maximum Gasteiger partial charge on any atom is 0.255 e. The number of carbonyl (C=O) groups excluding carboxylic acids is 4. The molecule has 0 saturated carbocycles. The van der Waals surface area contributed by atoms with Gasteiger partial charge in [0.15, 0.2) is 0 Å². The fourth-order valence-electron chi connectivity index (χ4n) is 10.2. The van der Waals surface area contributed by atoms with Crippen molar-refractivity contribution in [2.75, 3.05) is 96.5 Å². The summed E-state index contributed by atoms with van der Waals surface area (Å²) in [6.45, 7) is 13.2. The van der Waals surface area contributed by atoms with Crippen LogP contribution in [-0.4, -0.2) is 147 Å². The second kappa shape index (κ2) is 31.3. The number of piperazine rings is 1. The average molecular weight is 1060 g/mol. The van der Waals surface area contributed by atoms with Gasteiger partial charge in [0.05, 0.1) is 37.2 Å². The number of unbranched alkanes of at least 4 members (excludes halogenated alkanes) is 4. The average Bonchev–Trinajstić information content (AvgIpc) is 3.82. The summed E-state index contributed by atoms with van der Waals surface area (Å²) < 4.78 is 11.0. The molecule has 3 aromatic heterocycles. The second-order valence-corrected chi connectivity index (χ2v) is 20.4. The highest BCUT2D eigenvalue weighted by atomic mass is 16.5. The van der Waals surface area contributed by atoms with E-state index < -0.39 is 6.04 Å². The highest BCUT2D eigenvalue weighted by Crippen LogP contribution is 2.33. The van der Waals surface area contributed by atoms with Crippen LogP contribution in [0.2, 0.25) is 0 Å². The third-order valence-corrected chi connectivity index (χ3v) is 15.2. The van der Waals surface area contributed by atoms with E-state index in [2.05, 4.69) is 73.1 Å². The molecular weight excluding hydrogens is 973 g/mol. The zero-order valence-corrected chi connectivity index (χ0v) is 45.9. The highest BCUT2D eigenvalue weighted by molar-refractivity contribution is 6.00. The largest absolute Gasteiger partial charge is 0.492 e. The molecule has 0 bridgehead atoms. The van der Waals surface area contributed by atoms with Crippen molar-refractivity contribution in [3.8, 4) is 28.8 Å². The van der Waals surface area contributed by atoms with Gasteiger partial charge in [-0.3, -0.25) is 19.5 Å². The van der Waals surface area contributed by atoms with Crippen molar-refractivity contribution in [2.45, 2.75) is 103 Å². The monoisotopic (exact) mass is 1050 g/mol. The summed E-state index contributed by atoms with van der Waals surface area (Å²) in [6, 6.07) is 17.3. The van der Waals surface area contributed by atoms with E-state index >= 15 is 0 Å². The predicted octanol–water partition coefficient (Wildman–Crippen LogP) is 6.87. The van der Waals surface area contributed by atoms with Crippen LogP contribution in [0.1, 0.15) is 111 Å². The number of pyridine rings is 3. The van der Waals surface area contributed by atoms with Gasteiger partial charge in [-0.15, -0.1) is 0 Å². The van der Waals surface area contributed by atoms with Gasteiger partial charge < -0.3 is 55.4 Å². The van der Waals surface area contributed by atoms with E-state index in [9.17, 15) is 24.4 Å². The fraction of sp³-hybridized carbons (Fsp3) is 0.525. The number of rotatable bonds is 22. The highest BCUT2D eigenvalue weighted by Gasteiger charge is 2.33. The maximum absolute atomic E-state index is 12.9. The SMILES string of the molecule is CC[C@H]1CCCN(c2ccc(-c3cc(OCC4CCN(C)CC4)cnc3/C(C#N)=C\N)cn2)C1.CNC(=O)CCC(C=O)N1Cc2cc(N3CCN(CCCCCCC=O)CC3)ccc2C1=O.COc1ccc(CN)cn1. The first-order valence-corrected chi connectivity index (χ1v) is 27.6. The van der Waals surface area contributed by atoms with Crippen molar-refractivity contribution in [1.82, 2.24) is 35.0 Å². The molecule has 4 aromatic rings. The number of carbonyl (C=O) groups is 4. The van der Waals surface area contributed by atoms with Crippen LogP contribution in [0, 0.1) is 23.2 Å². The summed E-state index contributed by atoms with van der Waals surface area (Å²) in [7, 11) is 5.31. The molecule has 0 spiro atoms. The van der Waals surface area contributed by atoms with Gasteiger partial charge in [-0.25, -0.2) is 9.97 Å². The molecule has 4 aliphatic rings. The van der Waals surface area contributed by atoms with Crippen LogP contribution in [0.4, 0.5) is 11.5 Å². The molecule has 3 saturated heterocycles. The van der Waals surface area contributed by atoms with Gasteiger partial charge >= 0.3 is 0 Å². The third-order valence-electron chi connectivity index (χ3n) is 15.2. The Labute approximate surface area is 456 Å². The Kier molecular flexibility index (Phi) is 24.1. The van der Waals surface area contributed by atoms with Crippen LogP contribution < -0.4 is 36.1 Å². The Bertz CT molecular complexity index is 2530. The molecule has 18 nitrogen and oxygen atoms in total. The van der Waals surface area contributed by atoms with E-state index in [1.165, 1.54) is 38.3 Å². The van der Waals surface area contributed by atoms with E-state index in [-0.39, 0.29) is 18.2 Å². The molecule has 5 N–H and O–H groups in total. The van der Waals surface area contributed by atoms with Gasteiger partial charge in [-0.1, -0.05) is 32.3 Å². The Morgan fingerprint density at radius 3 is 2.34 bits per heavy atom. The maximum atomic E-state index is 12.9. The molecule has 77 heavy (non-hydrogen) atoms. The van der Waals surface area contributed by atoms with Crippen molar-refractivity contribution in [3.05, 3.63) is 95.7 Å². The van der Waals surface area contributed by atoms with Crippen molar-refractivity contribution < 1.29 is 28.7 Å². The van der Waals surface area contributed by atoms with E-state index in [1.54, 1.807) is 37.5 Å². The molecular formula is C59H82N12O6. The van der Waals surface area contributed by atoms with E-state index in [0.29, 0.717) is 66.9 Å². The van der Waals surface area contributed by atoms with E-state index in [1.807, 2.05) is 30.5 Å². The number of nitrogens with one attached hydrogen (secondary N) is 1. The lowest BCUT2D eigenvalue weighted by atomic mass is 9.95. The molecule has 2 atom stereocenters. The molecule has 3 fully saturated rings. The quantitative estimate of drug-likeness (QED) is 0.0414. The molecule has 0 aliphatic carbocycles. The lowest BCUT2D eigenvalue weighted by Crippen LogP contribution is -2.46. The number of nitriles is 1. The number of hydrogen-bond donors (Lipinski definition) is 3. The molecule has 4 aliphatic heterocycles. The number of amides is 2. The van der Waals surface area contributed by atoms with Gasteiger partial charge in [0, 0.05) is 119 Å². The van der Waals surface area contributed by atoms with Crippen molar-refractivity contribution in [1.29, 1.82) is 5.26 Å². The first-order chi connectivity index (χ1) is 37.5. The number of hydrogen-bond acceptors (Lipinski definition) is 16. The molecule has 414 valence electrons. The van der Waals surface area contributed by atoms with E-state index in [0.717, 1.165) is 137 Å². The van der Waals surface area contributed by atoms with Crippen LogP contribution >= 0.6 is 0 Å². The Morgan fingerprint density at radius 1 is 0.896 bits per heavy atom. The summed E-state index contributed by atoms with van der Waals surface area (Å²) >= 11 is 0. The number of nitrogens with zero attached hydrogens (tertiary/aromatic N) is 9. The minimum atomic E-state index is -0.590. The number of aromatic nitrogens is 3. The molecule has 1 unspecified atom stereocenters. The number of anilines is 2. The second-order valence-electron chi connectivity index (χ2n) is 20.4. The summed E-state index contributed by atoms with van der Waals surface area (Å²) in [5.74, 6) is 3.34. The smallest absolute Gasteiger partial charge is 0.255 e. The van der Waals surface area contributed by atoms with E-state index in [4.69, 9.17) is 25.9 Å². The summed E-state index contributed by atoms with van der Waals surface area (Å²) in [5, 5.41) is 12.1. The molecule has 18 heteroatoms. The van der Waals surface area contributed by atoms with Gasteiger partial charge in [0.2, 0.25) is 11.8 Å². The van der Waals surface area contributed by atoms with Crippen LogP contribution in [0.5, 0.6) is 11.6 Å². The number of methoxy groups -OCH3 is 1. The standard InChI is InChI=1S/C27H36N6O.C25H36N4O4.C7H10N2O/c1-3-20-5-4-10-33(18-20)26-7-6-22(16-30-26)25-13-24(17-31-27(25)23(14-28)15-29)34-19-21-8-11-32(2)12-9-21;1-26-24(32)10-8-22(19-31)29-18-20-17-21(7-9-23(20)25(29)33)28-14-12-27(13-15-28)11-5-3-2-4-6-16-30;1-10-7-3-2-6(4-8)5-9-7/h6-7,13-14,16-17,20-21H,3-5,8-12,18-19,28H2,1-2H3;7,9,16-17,19,22H,2-6,8,10-15,18H2,1H3,(H,26,32);2-3,5H,4,8H2,1H3/b23-14-;;/t20-;;/m0../s1. The van der Waals surface area contributed by atoms with Crippen LogP contribution in [0.15, 0.2) is 73.3 Å². The third kappa shape index (κ3) is 17.5. The molecule has 0 radical (unpaired) electrons. The molecule has 2 amide bonds. The number of likely N-dealkylation sites (tertiary alicyclic amines) is 1.